The normalized spacial score (nSPS) is 13.5. The molecule has 60 heavy (non-hydrogen) atoms. The summed E-state index contributed by atoms with van der Waals surface area (Å²) in [5, 5.41) is 3.86. The molecule has 11 aromatic rings. The number of pyridine rings is 2. The Morgan fingerprint density at radius 2 is 1.12 bits per heavy atom. The van der Waals surface area contributed by atoms with Crippen molar-refractivity contribution in [2.75, 3.05) is 0 Å². The van der Waals surface area contributed by atoms with Crippen molar-refractivity contribution in [3.05, 3.63) is 228 Å². The van der Waals surface area contributed by atoms with Gasteiger partial charge in [0.05, 0.1) is 11.2 Å². The van der Waals surface area contributed by atoms with E-state index in [0.29, 0.717) is 44.8 Å². The predicted octanol–water partition coefficient (Wildman–Crippen LogP) is 14.1. The molecule has 0 bridgehead atoms. The summed E-state index contributed by atoms with van der Waals surface area (Å²) in [5.41, 5.74) is 8.83. The first-order valence-corrected chi connectivity index (χ1v) is 19.2. The van der Waals surface area contributed by atoms with Crippen molar-refractivity contribution in [3.8, 4) is 33.6 Å². The summed E-state index contributed by atoms with van der Waals surface area (Å²) in [6.07, 6.45) is -0.794. The molecule has 0 fully saturated rings. The number of aromatic nitrogens is 2. The molecule has 0 N–H and O–H groups in total. The second kappa shape index (κ2) is 17.1. The van der Waals surface area contributed by atoms with E-state index < -0.39 is 19.6 Å². The topological polar surface area (TPSA) is 52.1 Å². The molecular weight excluding hydrogens is 913 g/mol. The number of rotatable bonds is 7. The maximum atomic E-state index is 8.79. The van der Waals surface area contributed by atoms with Gasteiger partial charge in [-0.25, -0.2) is 0 Å². The first kappa shape index (κ1) is 31.1. The van der Waals surface area contributed by atoms with Crippen molar-refractivity contribution in [2.24, 2.45) is 0 Å². The van der Waals surface area contributed by atoms with Gasteiger partial charge < -0.3 is 18.8 Å². The summed E-state index contributed by atoms with van der Waals surface area (Å²) < 4.78 is 71.2. The van der Waals surface area contributed by atoms with Gasteiger partial charge in [0.2, 0.25) is 0 Å². The molecule has 0 amide bonds. The maximum absolute atomic E-state index is 8.79. The van der Waals surface area contributed by atoms with E-state index in [2.05, 4.69) is 46.4 Å². The van der Waals surface area contributed by atoms with Crippen molar-refractivity contribution in [1.82, 2.24) is 9.97 Å². The first-order chi connectivity index (χ1) is 31.9. The van der Waals surface area contributed by atoms with E-state index in [4.69, 9.17) is 18.4 Å². The second-order valence-corrected chi connectivity index (χ2v) is 14.0. The van der Waals surface area contributed by atoms with Gasteiger partial charge in [0, 0.05) is 52.9 Å². The van der Waals surface area contributed by atoms with Gasteiger partial charge in [-0.2, -0.15) is 0 Å². The standard InChI is InChI=1S/C30H20NO.C25H18NO.Ir/c1-3-8-21(9-4-1)18-22-16-17-31-28(19-22)26-13-7-12-25-27-20-24(23-10-5-2-6-11-23)14-15-29(27)32-30(25)26;1-17-16-26-23(15-19(17)14-18-8-3-2-4-9-18)22-12-7-11-21-20-10-5-6-13-24(20)27-25(21)22;/h1-12,14-17,19-20H,18H2;2-11,13,15-16H,14H2,1H3;/q2*-1;/i18D2;1D3,14D2;. The van der Waals surface area contributed by atoms with Crippen molar-refractivity contribution < 1.29 is 38.5 Å². The summed E-state index contributed by atoms with van der Waals surface area (Å²) in [6.45, 7) is -2.52. The van der Waals surface area contributed by atoms with Crippen LogP contribution in [-0.2, 0) is 32.9 Å². The van der Waals surface area contributed by atoms with E-state index in [1.807, 2.05) is 84.9 Å². The Hall–Kier alpha value is -6.91. The SMILES string of the molecule is [2H]C([2H])([2H])c1cnc(-c2[c-]ccc3c2oc2ccccc23)cc1C([2H])([2H])c1ccccc1.[2H]C([2H])(c1ccccc1)c1ccnc(-c2[c-]ccc3c2oc2ccc(-c4ccccc4)cc23)c1.[Ir]. The Bertz CT molecular complexity index is 3540. The molecule has 4 nitrogen and oxygen atoms in total. The van der Waals surface area contributed by atoms with Gasteiger partial charge in [0.25, 0.3) is 0 Å². The van der Waals surface area contributed by atoms with Crippen LogP contribution >= 0.6 is 0 Å². The minimum Gasteiger partial charge on any atom is -0.501 e. The molecule has 1 radical (unpaired) electrons. The number of fused-ring (bicyclic) bond motifs is 6. The Balaban J connectivity index is 0.000000166. The minimum absolute atomic E-state index is 0. The van der Waals surface area contributed by atoms with Crippen LogP contribution in [0.5, 0.6) is 0 Å². The molecule has 0 aliphatic heterocycles. The van der Waals surface area contributed by atoms with Crippen LogP contribution in [-0.4, -0.2) is 9.97 Å². The van der Waals surface area contributed by atoms with Crippen LogP contribution in [0.15, 0.2) is 197 Å². The van der Waals surface area contributed by atoms with Gasteiger partial charge in [-0.3, -0.25) is 0 Å². The van der Waals surface area contributed by atoms with Gasteiger partial charge in [-0.05, 0) is 94.2 Å². The monoisotopic (exact) mass is 958 g/mol. The molecule has 0 aliphatic carbocycles. The molecule has 11 rings (SSSR count). The first-order valence-electron chi connectivity index (χ1n) is 22.7. The van der Waals surface area contributed by atoms with E-state index in [1.165, 1.54) is 12.3 Å². The van der Waals surface area contributed by atoms with Crippen LogP contribution in [0, 0.1) is 19.0 Å². The third-order valence-corrected chi connectivity index (χ3v) is 10.2. The minimum atomic E-state index is -2.52. The number of hydrogen-bond donors (Lipinski definition) is 0. The summed E-state index contributed by atoms with van der Waals surface area (Å²) >= 11 is 0. The van der Waals surface area contributed by atoms with Crippen LogP contribution < -0.4 is 0 Å². The zero-order valence-electron chi connectivity index (χ0n) is 38.9. The summed E-state index contributed by atoms with van der Waals surface area (Å²) in [4.78, 5) is 8.93. The van der Waals surface area contributed by atoms with Crippen molar-refractivity contribution in [3.63, 3.8) is 0 Å². The van der Waals surface area contributed by atoms with Crippen molar-refractivity contribution in [2.45, 2.75) is 19.6 Å². The molecule has 0 atom stereocenters. The summed E-state index contributed by atoms with van der Waals surface area (Å²) in [6, 6.07) is 60.9. The fourth-order valence-corrected chi connectivity index (χ4v) is 7.33. The molecule has 7 aromatic carbocycles. The molecular formula is C55H38IrN2O2-2. The largest absolute Gasteiger partial charge is 0.501 e. The zero-order chi connectivity index (χ0) is 45.6. The van der Waals surface area contributed by atoms with Crippen LogP contribution in [0.3, 0.4) is 0 Å². The van der Waals surface area contributed by atoms with Crippen molar-refractivity contribution in [1.29, 1.82) is 0 Å². The average Bonchev–Trinajstić information content (AvgIpc) is 3.93. The molecule has 0 saturated carbocycles. The van der Waals surface area contributed by atoms with Gasteiger partial charge in [-0.15, -0.1) is 36.4 Å². The van der Waals surface area contributed by atoms with E-state index >= 15 is 0 Å². The average molecular weight is 958 g/mol. The van der Waals surface area contributed by atoms with Crippen LogP contribution in [0.1, 0.15) is 37.4 Å². The fourth-order valence-electron chi connectivity index (χ4n) is 7.33. The number of nitrogens with zero attached hydrogens (tertiary/aromatic N) is 2. The quantitative estimate of drug-likeness (QED) is 0.149. The fraction of sp³-hybridized carbons (Fsp3) is 0.0545. The second-order valence-electron chi connectivity index (χ2n) is 14.0. The predicted molar refractivity (Wildman–Crippen MR) is 240 cm³/mol. The van der Waals surface area contributed by atoms with E-state index in [-0.39, 0.29) is 31.2 Å². The summed E-state index contributed by atoms with van der Waals surface area (Å²) in [7, 11) is 0. The Labute approximate surface area is 372 Å². The van der Waals surface area contributed by atoms with Crippen molar-refractivity contribution >= 4 is 43.9 Å². The molecule has 0 saturated heterocycles. The maximum Gasteiger partial charge on any atom is 0.120 e. The molecule has 4 aromatic heterocycles. The van der Waals surface area contributed by atoms with Gasteiger partial charge in [0.15, 0.2) is 0 Å². The van der Waals surface area contributed by atoms with Crippen LogP contribution in [0.2, 0.25) is 0 Å². The molecule has 0 spiro atoms. The molecule has 291 valence electrons. The molecule has 4 heterocycles. The van der Waals surface area contributed by atoms with Gasteiger partial charge in [0.1, 0.15) is 11.2 Å². The number of furan rings is 2. The van der Waals surface area contributed by atoms with E-state index in [9.17, 15) is 0 Å². The smallest absolute Gasteiger partial charge is 0.120 e. The molecule has 5 heteroatoms. The number of aryl methyl sites for hydroxylation is 1. The number of benzene rings is 7. The van der Waals surface area contributed by atoms with Gasteiger partial charge >= 0.3 is 0 Å². The van der Waals surface area contributed by atoms with Crippen LogP contribution in [0.4, 0.5) is 0 Å². The Kier molecular flexibility index (Phi) is 8.87. The van der Waals surface area contributed by atoms with Crippen LogP contribution in [0.25, 0.3) is 77.5 Å². The Morgan fingerprint density at radius 1 is 0.517 bits per heavy atom. The van der Waals surface area contributed by atoms with E-state index in [1.54, 1.807) is 66.9 Å². The zero-order valence-corrected chi connectivity index (χ0v) is 34.3. The Morgan fingerprint density at radius 3 is 1.82 bits per heavy atom. The molecule has 0 aliphatic rings. The number of para-hydroxylation sites is 1. The molecule has 0 unspecified atom stereocenters. The van der Waals surface area contributed by atoms with E-state index in [0.717, 1.165) is 49.4 Å². The van der Waals surface area contributed by atoms with Gasteiger partial charge in [-0.1, -0.05) is 149 Å². The third kappa shape index (κ3) is 7.81. The number of hydrogen-bond acceptors (Lipinski definition) is 4. The third-order valence-electron chi connectivity index (χ3n) is 10.2. The summed E-state index contributed by atoms with van der Waals surface area (Å²) in [5.74, 6) is 0.